The van der Waals surface area contributed by atoms with Crippen molar-refractivity contribution in [2.24, 2.45) is 0 Å². The number of likely N-dealkylation sites (tertiary alicyclic amines) is 1. The van der Waals surface area contributed by atoms with Gasteiger partial charge in [0.25, 0.3) is 0 Å². The first kappa shape index (κ1) is 24.4. The third-order valence-electron chi connectivity index (χ3n) is 6.43. The SMILES string of the molecule is O=C(NC1CCOc2cc(C(F)(F)F)ccc21)N1C[C@H](O)C[C@@H]1c1nncn1Cc1ccc(Cl)cc1. The summed E-state index contributed by atoms with van der Waals surface area (Å²) < 4.78 is 46.5. The molecule has 0 radical (unpaired) electrons. The highest BCUT2D eigenvalue weighted by Crippen LogP contribution is 2.38. The summed E-state index contributed by atoms with van der Waals surface area (Å²) >= 11 is 5.97. The van der Waals surface area contributed by atoms with E-state index >= 15 is 0 Å². The molecule has 12 heteroatoms. The Hall–Kier alpha value is -3.31. The van der Waals surface area contributed by atoms with Crippen LogP contribution in [0.15, 0.2) is 48.8 Å². The molecular weight excluding hydrogens is 499 g/mol. The summed E-state index contributed by atoms with van der Waals surface area (Å²) in [6.45, 7) is 0.713. The number of benzene rings is 2. The Morgan fingerprint density at radius 3 is 2.75 bits per heavy atom. The van der Waals surface area contributed by atoms with Crippen LogP contribution < -0.4 is 10.1 Å². The van der Waals surface area contributed by atoms with E-state index in [0.29, 0.717) is 29.4 Å². The Kier molecular flexibility index (Phi) is 6.52. The van der Waals surface area contributed by atoms with E-state index in [9.17, 15) is 23.1 Å². The quantitative estimate of drug-likeness (QED) is 0.533. The minimum Gasteiger partial charge on any atom is -0.493 e. The molecule has 1 unspecified atom stereocenters. The van der Waals surface area contributed by atoms with Gasteiger partial charge in [-0.25, -0.2) is 4.79 Å². The number of hydrogen-bond acceptors (Lipinski definition) is 5. The van der Waals surface area contributed by atoms with Crippen molar-refractivity contribution in [2.45, 2.75) is 43.8 Å². The van der Waals surface area contributed by atoms with Gasteiger partial charge in [0.2, 0.25) is 0 Å². The molecule has 0 spiro atoms. The molecule has 3 atom stereocenters. The van der Waals surface area contributed by atoms with Crippen molar-refractivity contribution in [1.82, 2.24) is 25.0 Å². The van der Waals surface area contributed by atoms with Gasteiger partial charge in [-0.2, -0.15) is 13.2 Å². The molecule has 1 saturated heterocycles. The second-order valence-electron chi connectivity index (χ2n) is 8.89. The number of carbonyl (C=O) groups is 1. The average Bonchev–Trinajstić information content (AvgIpc) is 3.46. The number of ether oxygens (including phenoxy) is 1. The molecule has 2 aliphatic heterocycles. The number of rotatable bonds is 4. The van der Waals surface area contributed by atoms with Gasteiger partial charge in [-0.3, -0.25) is 0 Å². The Bertz CT molecular complexity index is 1250. The summed E-state index contributed by atoms with van der Waals surface area (Å²) in [5, 5.41) is 22.1. The van der Waals surface area contributed by atoms with Crippen molar-refractivity contribution in [3.63, 3.8) is 0 Å². The zero-order valence-electron chi connectivity index (χ0n) is 19.0. The number of alkyl halides is 3. The van der Waals surface area contributed by atoms with Crippen LogP contribution >= 0.6 is 11.6 Å². The molecule has 0 saturated carbocycles. The summed E-state index contributed by atoms with van der Waals surface area (Å²) in [5.41, 5.74) is 0.632. The molecule has 190 valence electrons. The molecule has 36 heavy (non-hydrogen) atoms. The molecule has 3 heterocycles. The van der Waals surface area contributed by atoms with Crippen LogP contribution in [-0.4, -0.2) is 50.1 Å². The van der Waals surface area contributed by atoms with Crippen LogP contribution in [0.5, 0.6) is 5.75 Å². The number of aliphatic hydroxyl groups excluding tert-OH is 1. The first-order chi connectivity index (χ1) is 17.2. The lowest BCUT2D eigenvalue weighted by molar-refractivity contribution is -0.137. The second-order valence-corrected chi connectivity index (χ2v) is 9.33. The summed E-state index contributed by atoms with van der Waals surface area (Å²) in [6, 6.07) is 9.09. The maximum atomic E-state index is 13.3. The third kappa shape index (κ3) is 4.98. The first-order valence-corrected chi connectivity index (χ1v) is 11.8. The topological polar surface area (TPSA) is 92.5 Å². The number of amides is 2. The third-order valence-corrected chi connectivity index (χ3v) is 6.68. The molecule has 1 fully saturated rings. The van der Waals surface area contributed by atoms with Gasteiger partial charge in [0, 0.05) is 30.0 Å². The lowest BCUT2D eigenvalue weighted by Gasteiger charge is -2.31. The lowest BCUT2D eigenvalue weighted by Crippen LogP contribution is -2.43. The van der Waals surface area contributed by atoms with Gasteiger partial charge in [0.15, 0.2) is 5.82 Å². The molecule has 0 aliphatic carbocycles. The van der Waals surface area contributed by atoms with Crippen molar-refractivity contribution in [1.29, 1.82) is 0 Å². The predicted molar refractivity (Wildman–Crippen MR) is 123 cm³/mol. The highest BCUT2D eigenvalue weighted by atomic mass is 35.5. The predicted octanol–water partition coefficient (Wildman–Crippen LogP) is 4.34. The highest BCUT2D eigenvalue weighted by Gasteiger charge is 2.40. The van der Waals surface area contributed by atoms with Crippen LogP contribution in [0.4, 0.5) is 18.0 Å². The molecule has 0 bridgehead atoms. The van der Waals surface area contributed by atoms with Crippen LogP contribution in [0.25, 0.3) is 0 Å². The smallest absolute Gasteiger partial charge is 0.416 e. The van der Waals surface area contributed by atoms with Gasteiger partial charge < -0.3 is 24.6 Å². The molecule has 2 N–H and O–H groups in total. The summed E-state index contributed by atoms with van der Waals surface area (Å²) in [5.74, 6) is 0.626. The number of aromatic nitrogens is 3. The monoisotopic (exact) mass is 521 g/mol. The number of nitrogens with zero attached hydrogens (tertiary/aromatic N) is 4. The molecule has 8 nitrogen and oxygen atoms in total. The van der Waals surface area contributed by atoms with E-state index in [1.165, 1.54) is 11.0 Å². The Balaban J connectivity index is 1.34. The minimum absolute atomic E-state index is 0.0907. The van der Waals surface area contributed by atoms with Gasteiger partial charge in [-0.05, 0) is 29.8 Å². The van der Waals surface area contributed by atoms with Gasteiger partial charge in [-0.1, -0.05) is 29.8 Å². The number of urea groups is 1. The normalized spacial score (nSPS) is 21.7. The number of halogens is 4. The Morgan fingerprint density at radius 1 is 1.22 bits per heavy atom. The number of carbonyl (C=O) groups excluding carboxylic acids is 1. The summed E-state index contributed by atoms with van der Waals surface area (Å²) in [7, 11) is 0. The van der Waals surface area contributed by atoms with E-state index in [0.717, 1.165) is 17.7 Å². The highest BCUT2D eigenvalue weighted by molar-refractivity contribution is 6.30. The molecule has 2 aromatic carbocycles. The van der Waals surface area contributed by atoms with Gasteiger partial charge in [-0.15, -0.1) is 10.2 Å². The molecule has 3 aromatic rings. The number of fused-ring (bicyclic) bond motifs is 1. The van der Waals surface area contributed by atoms with Gasteiger partial charge in [0.1, 0.15) is 12.1 Å². The van der Waals surface area contributed by atoms with Crippen molar-refractivity contribution >= 4 is 17.6 Å². The Labute approximate surface area is 209 Å². The summed E-state index contributed by atoms with van der Waals surface area (Å²) in [4.78, 5) is 14.8. The van der Waals surface area contributed by atoms with Crippen LogP contribution in [-0.2, 0) is 12.7 Å². The van der Waals surface area contributed by atoms with E-state index < -0.39 is 36.0 Å². The van der Waals surface area contributed by atoms with E-state index in [4.69, 9.17) is 16.3 Å². The van der Waals surface area contributed by atoms with E-state index in [1.807, 2.05) is 16.7 Å². The van der Waals surface area contributed by atoms with Crippen LogP contribution in [0.2, 0.25) is 5.02 Å². The molecule has 1 aromatic heterocycles. The van der Waals surface area contributed by atoms with E-state index in [1.54, 1.807) is 18.5 Å². The second kappa shape index (κ2) is 9.62. The largest absolute Gasteiger partial charge is 0.493 e. The maximum absolute atomic E-state index is 13.3. The lowest BCUT2D eigenvalue weighted by atomic mass is 9.98. The number of hydrogen-bond donors (Lipinski definition) is 2. The van der Waals surface area contributed by atoms with Crippen LogP contribution in [0, 0.1) is 0 Å². The van der Waals surface area contributed by atoms with Crippen molar-refractivity contribution < 1.29 is 27.8 Å². The van der Waals surface area contributed by atoms with E-state index in [2.05, 4.69) is 15.5 Å². The molecule has 2 amide bonds. The minimum atomic E-state index is -4.49. The fourth-order valence-corrected chi connectivity index (χ4v) is 4.79. The fraction of sp³-hybridized carbons (Fsp3) is 0.375. The first-order valence-electron chi connectivity index (χ1n) is 11.4. The molecular formula is C24H23ClF3N5O3. The number of β-amino-alcohol motifs (C(OH)–C–C–N with tert-alkyl or cyclic N) is 1. The van der Waals surface area contributed by atoms with E-state index in [-0.39, 0.29) is 25.3 Å². The Morgan fingerprint density at radius 2 is 2.00 bits per heavy atom. The fourth-order valence-electron chi connectivity index (χ4n) is 4.66. The number of nitrogens with one attached hydrogen (secondary N) is 1. The summed E-state index contributed by atoms with van der Waals surface area (Å²) in [6.07, 6.45) is -2.99. The van der Waals surface area contributed by atoms with Crippen LogP contribution in [0.3, 0.4) is 0 Å². The van der Waals surface area contributed by atoms with Gasteiger partial charge >= 0.3 is 12.2 Å². The van der Waals surface area contributed by atoms with Gasteiger partial charge in [0.05, 0.1) is 36.9 Å². The zero-order valence-corrected chi connectivity index (χ0v) is 19.7. The van der Waals surface area contributed by atoms with Crippen molar-refractivity contribution in [3.05, 3.63) is 76.3 Å². The van der Waals surface area contributed by atoms with Crippen LogP contribution in [0.1, 0.15) is 47.4 Å². The zero-order chi connectivity index (χ0) is 25.4. The number of aliphatic hydroxyl groups is 1. The molecule has 2 aliphatic rings. The maximum Gasteiger partial charge on any atom is 0.416 e. The van der Waals surface area contributed by atoms with Crippen molar-refractivity contribution in [3.8, 4) is 5.75 Å². The average molecular weight is 522 g/mol. The standard InChI is InChI=1S/C24H23ClF3N5O3/c25-16-4-1-14(2-5-16)11-32-13-29-31-22(32)20-10-17(34)12-33(20)23(35)30-19-7-8-36-21-9-15(24(26,27)28)3-6-18(19)21/h1-6,9,13,17,19-20,34H,7-8,10-12H2,(H,30,35)/t17-,19?,20-/m1/s1. The van der Waals surface area contributed by atoms with Crippen molar-refractivity contribution in [2.75, 3.05) is 13.2 Å². The molecule has 5 rings (SSSR count).